The molecule has 19 heavy (non-hydrogen) atoms. The van der Waals surface area contributed by atoms with E-state index in [-0.39, 0.29) is 22.9 Å². The van der Waals surface area contributed by atoms with Gasteiger partial charge in [0.25, 0.3) is 11.8 Å². The Labute approximate surface area is 114 Å². The van der Waals surface area contributed by atoms with Gasteiger partial charge in [-0.05, 0) is 13.0 Å². The number of nitrogens with zero attached hydrogens (tertiary/aromatic N) is 2. The van der Waals surface area contributed by atoms with Crippen molar-refractivity contribution in [3.05, 3.63) is 28.5 Å². The molecule has 0 saturated carbocycles. The van der Waals surface area contributed by atoms with Gasteiger partial charge < -0.3 is 5.32 Å². The molecule has 100 valence electrons. The van der Waals surface area contributed by atoms with Gasteiger partial charge in [0.15, 0.2) is 0 Å². The highest BCUT2D eigenvalue weighted by Gasteiger charge is 2.37. The van der Waals surface area contributed by atoms with Crippen LogP contribution < -0.4 is 5.32 Å². The Hall–Kier alpha value is -1.95. The Kier molecular flexibility index (Phi) is 3.53. The molecule has 1 N–H and O–H groups in total. The summed E-state index contributed by atoms with van der Waals surface area (Å²) in [5.41, 5.74) is 0.871. The molecule has 1 aromatic heterocycles. The van der Waals surface area contributed by atoms with E-state index in [9.17, 15) is 14.4 Å². The van der Waals surface area contributed by atoms with E-state index in [4.69, 9.17) is 11.6 Å². The number of nitrogens with one attached hydrogen (secondary N) is 1. The minimum absolute atomic E-state index is 0.0298. The summed E-state index contributed by atoms with van der Waals surface area (Å²) in [5, 5.41) is 2.75. The van der Waals surface area contributed by atoms with Gasteiger partial charge in [0.1, 0.15) is 6.04 Å². The zero-order valence-electron chi connectivity index (χ0n) is 10.4. The van der Waals surface area contributed by atoms with Gasteiger partial charge in [-0.1, -0.05) is 11.6 Å². The van der Waals surface area contributed by atoms with Crippen LogP contribution in [0.3, 0.4) is 0 Å². The van der Waals surface area contributed by atoms with Crippen LogP contribution in [-0.4, -0.2) is 40.7 Å². The standard InChI is InChI=1S/C12H12ClN3O3/c1-6-3-8(13)7(5-14-6)11(18)15-9-4-10(17)16(2)12(9)19/h3,5,9H,4H2,1-2H3,(H,15,18). The highest BCUT2D eigenvalue weighted by atomic mass is 35.5. The summed E-state index contributed by atoms with van der Waals surface area (Å²) in [5.74, 6) is -1.25. The average Bonchev–Trinajstić information content (AvgIpc) is 2.57. The number of likely N-dealkylation sites (N-methyl/N-ethyl adjacent to an activating group) is 1. The SMILES string of the molecule is Cc1cc(Cl)c(C(=O)NC2CC(=O)N(C)C2=O)cn1. The second kappa shape index (κ2) is 4.97. The lowest BCUT2D eigenvalue weighted by atomic mass is 10.2. The third-order valence-electron chi connectivity index (χ3n) is 2.92. The number of rotatable bonds is 2. The van der Waals surface area contributed by atoms with Crippen molar-refractivity contribution in [2.24, 2.45) is 0 Å². The Morgan fingerprint density at radius 1 is 1.53 bits per heavy atom. The van der Waals surface area contributed by atoms with E-state index in [1.165, 1.54) is 13.2 Å². The molecule has 0 radical (unpaired) electrons. The van der Waals surface area contributed by atoms with Crippen LogP contribution in [0.4, 0.5) is 0 Å². The van der Waals surface area contributed by atoms with Crippen LogP contribution >= 0.6 is 11.6 Å². The molecule has 1 aromatic rings. The Bertz CT molecular complexity index is 573. The monoisotopic (exact) mass is 281 g/mol. The van der Waals surface area contributed by atoms with Crippen molar-refractivity contribution in [3.63, 3.8) is 0 Å². The van der Waals surface area contributed by atoms with E-state index >= 15 is 0 Å². The second-order valence-electron chi connectivity index (χ2n) is 4.33. The molecule has 3 amide bonds. The van der Waals surface area contributed by atoms with Crippen LogP contribution in [0.15, 0.2) is 12.3 Å². The summed E-state index contributed by atoms with van der Waals surface area (Å²) in [7, 11) is 1.39. The predicted octanol–water partition coefficient (Wildman–Crippen LogP) is 0.531. The summed E-state index contributed by atoms with van der Waals surface area (Å²) < 4.78 is 0. The third kappa shape index (κ3) is 2.58. The Morgan fingerprint density at radius 3 is 2.74 bits per heavy atom. The van der Waals surface area contributed by atoms with E-state index in [0.717, 1.165) is 4.90 Å². The molecule has 0 aliphatic carbocycles. The fourth-order valence-corrected chi connectivity index (χ4v) is 2.09. The first kappa shape index (κ1) is 13.5. The Morgan fingerprint density at radius 2 is 2.21 bits per heavy atom. The minimum atomic E-state index is -0.831. The van der Waals surface area contributed by atoms with Crippen molar-refractivity contribution in [2.75, 3.05) is 7.05 Å². The average molecular weight is 282 g/mol. The molecule has 1 aliphatic heterocycles. The van der Waals surface area contributed by atoms with Gasteiger partial charge >= 0.3 is 0 Å². The smallest absolute Gasteiger partial charge is 0.255 e. The topological polar surface area (TPSA) is 79.4 Å². The molecule has 0 spiro atoms. The third-order valence-corrected chi connectivity index (χ3v) is 3.23. The second-order valence-corrected chi connectivity index (χ2v) is 4.73. The molecule has 1 saturated heterocycles. The van der Waals surface area contributed by atoms with Crippen molar-refractivity contribution in [1.82, 2.24) is 15.2 Å². The predicted molar refractivity (Wildman–Crippen MR) is 67.6 cm³/mol. The number of halogens is 1. The number of aromatic nitrogens is 1. The molecule has 1 atom stereocenters. The number of carbonyl (C=O) groups is 3. The number of hydrogen-bond acceptors (Lipinski definition) is 4. The molecular weight excluding hydrogens is 270 g/mol. The summed E-state index contributed by atoms with van der Waals surface area (Å²) in [6.45, 7) is 1.75. The maximum Gasteiger partial charge on any atom is 0.255 e. The van der Waals surface area contributed by atoms with Crippen molar-refractivity contribution in [2.45, 2.75) is 19.4 Å². The van der Waals surface area contributed by atoms with Crippen molar-refractivity contribution in [1.29, 1.82) is 0 Å². The van der Waals surface area contributed by atoms with Crippen LogP contribution in [-0.2, 0) is 9.59 Å². The molecule has 2 rings (SSSR count). The first-order valence-electron chi connectivity index (χ1n) is 5.63. The minimum Gasteiger partial charge on any atom is -0.340 e. The maximum absolute atomic E-state index is 12.0. The van der Waals surface area contributed by atoms with Gasteiger partial charge in [0.05, 0.1) is 17.0 Å². The van der Waals surface area contributed by atoms with E-state index in [1.807, 2.05) is 0 Å². The van der Waals surface area contributed by atoms with Crippen molar-refractivity contribution in [3.8, 4) is 0 Å². The highest BCUT2D eigenvalue weighted by molar-refractivity contribution is 6.33. The number of imide groups is 1. The molecule has 2 heterocycles. The maximum atomic E-state index is 12.0. The van der Waals surface area contributed by atoms with Crippen molar-refractivity contribution >= 4 is 29.3 Å². The van der Waals surface area contributed by atoms with Gasteiger partial charge in [-0.2, -0.15) is 0 Å². The van der Waals surface area contributed by atoms with Crippen LogP contribution in [0.25, 0.3) is 0 Å². The molecule has 0 bridgehead atoms. The molecule has 1 fully saturated rings. The first-order chi connectivity index (χ1) is 8.90. The van der Waals surface area contributed by atoms with Crippen LogP contribution in [0, 0.1) is 6.92 Å². The van der Waals surface area contributed by atoms with Gasteiger partial charge in [-0.25, -0.2) is 0 Å². The number of pyridine rings is 1. The van der Waals surface area contributed by atoms with Gasteiger partial charge in [-0.3, -0.25) is 24.3 Å². The van der Waals surface area contributed by atoms with Gasteiger partial charge in [0.2, 0.25) is 5.91 Å². The molecule has 1 aliphatic rings. The summed E-state index contributed by atoms with van der Waals surface area (Å²) in [6.07, 6.45) is 1.32. The first-order valence-corrected chi connectivity index (χ1v) is 6.01. The number of likely N-dealkylation sites (tertiary alicyclic amines) is 1. The largest absolute Gasteiger partial charge is 0.340 e. The van der Waals surface area contributed by atoms with Crippen molar-refractivity contribution < 1.29 is 14.4 Å². The summed E-state index contributed by atoms with van der Waals surface area (Å²) in [6, 6.07) is 0.729. The quantitative estimate of drug-likeness (QED) is 0.802. The van der Waals surface area contributed by atoms with Crippen LogP contribution in [0.1, 0.15) is 22.5 Å². The lowest BCUT2D eigenvalue weighted by Gasteiger charge is -2.11. The number of amides is 3. The molecule has 0 aromatic carbocycles. The zero-order chi connectivity index (χ0) is 14.2. The normalized spacial score (nSPS) is 18.9. The van der Waals surface area contributed by atoms with Crippen LogP contribution in [0.2, 0.25) is 5.02 Å². The number of hydrogen-bond donors (Lipinski definition) is 1. The van der Waals surface area contributed by atoms with Gasteiger partial charge in [0, 0.05) is 18.9 Å². The lowest BCUT2D eigenvalue weighted by molar-refractivity contribution is -0.137. The fraction of sp³-hybridized carbons (Fsp3) is 0.333. The van der Waals surface area contributed by atoms with E-state index in [2.05, 4.69) is 10.3 Å². The fourth-order valence-electron chi connectivity index (χ4n) is 1.80. The summed E-state index contributed by atoms with van der Waals surface area (Å²) >= 11 is 5.94. The van der Waals surface area contributed by atoms with Gasteiger partial charge in [-0.15, -0.1) is 0 Å². The summed E-state index contributed by atoms with van der Waals surface area (Å²) in [4.78, 5) is 40.0. The molecule has 6 nitrogen and oxygen atoms in total. The molecule has 7 heteroatoms. The lowest BCUT2D eigenvalue weighted by Crippen LogP contribution is -2.40. The van der Waals surface area contributed by atoms with Crippen LogP contribution in [0.5, 0.6) is 0 Å². The highest BCUT2D eigenvalue weighted by Crippen LogP contribution is 2.17. The van der Waals surface area contributed by atoms with E-state index in [1.54, 1.807) is 13.0 Å². The molecular formula is C12H12ClN3O3. The molecule has 1 unspecified atom stereocenters. The van der Waals surface area contributed by atoms with E-state index in [0.29, 0.717) is 5.69 Å². The number of carbonyl (C=O) groups excluding carboxylic acids is 3. The number of aryl methyl sites for hydroxylation is 1. The van der Waals surface area contributed by atoms with E-state index < -0.39 is 17.9 Å². The Balaban J connectivity index is 2.14. The zero-order valence-corrected chi connectivity index (χ0v) is 11.2.